The summed E-state index contributed by atoms with van der Waals surface area (Å²) in [6.45, 7) is 9.90. The summed E-state index contributed by atoms with van der Waals surface area (Å²) in [5.41, 5.74) is -2.23. The molecular weight excluding hydrogens is 505 g/mol. The van der Waals surface area contributed by atoms with Gasteiger partial charge in [0.2, 0.25) is 0 Å². The Morgan fingerprint density at radius 1 is 0.923 bits per heavy atom. The Labute approximate surface area is 233 Å². The Morgan fingerprint density at radius 2 is 1.64 bits per heavy atom. The molecule has 0 heterocycles. The number of Topliss-reactive ketones (excluding diaryl/α,β-unsaturated/α-hetero) is 1. The summed E-state index contributed by atoms with van der Waals surface area (Å²) >= 11 is 0. The molecule has 0 aliphatic heterocycles. The summed E-state index contributed by atoms with van der Waals surface area (Å²) in [6, 6.07) is 0. The van der Waals surface area contributed by atoms with Crippen molar-refractivity contribution in [3.8, 4) is 0 Å². The van der Waals surface area contributed by atoms with Crippen molar-refractivity contribution < 1.29 is 32.2 Å². The van der Waals surface area contributed by atoms with Crippen LogP contribution in [0.4, 0.5) is 13.2 Å². The number of ketones is 1. The van der Waals surface area contributed by atoms with Gasteiger partial charge in [0.1, 0.15) is 5.78 Å². The largest absolute Gasteiger partial charge is 0.438 e. The molecule has 0 aromatic carbocycles. The Hall–Kier alpha value is -1.11. The number of carbonyl (C=O) groups is 2. The highest BCUT2D eigenvalue weighted by Gasteiger charge is 2.66. The summed E-state index contributed by atoms with van der Waals surface area (Å²) in [6.07, 6.45) is 5.85. The van der Waals surface area contributed by atoms with Crippen LogP contribution in [-0.2, 0) is 19.1 Å². The Morgan fingerprint density at radius 3 is 2.31 bits per heavy atom. The van der Waals surface area contributed by atoms with Crippen LogP contribution in [0.1, 0.15) is 125 Å². The fraction of sp³-hybridized carbons (Fsp3) is 0.938. The van der Waals surface area contributed by atoms with Gasteiger partial charge in [0.05, 0.1) is 0 Å². The number of hydrogen-bond donors (Lipinski definition) is 0. The van der Waals surface area contributed by atoms with Crippen molar-refractivity contribution in [2.75, 3.05) is 6.79 Å². The molecule has 4 fully saturated rings. The Bertz CT molecular complexity index is 889. The van der Waals surface area contributed by atoms with Crippen LogP contribution in [0.2, 0.25) is 0 Å². The Kier molecular flexibility index (Phi) is 9.21. The number of halogens is 3. The van der Waals surface area contributed by atoms with Gasteiger partial charge in [-0.15, -0.1) is 0 Å². The smallest absolute Gasteiger partial charge is 0.417 e. The van der Waals surface area contributed by atoms with Crippen molar-refractivity contribution in [2.24, 2.45) is 46.3 Å². The molecule has 0 aromatic heterocycles. The highest BCUT2D eigenvalue weighted by Crippen LogP contribution is 2.69. The maximum absolute atomic E-state index is 14.5. The van der Waals surface area contributed by atoms with Gasteiger partial charge in [-0.05, 0) is 112 Å². The highest BCUT2D eigenvalue weighted by atomic mass is 19.4. The van der Waals surface area contributed by atoms with Gasteiger partial charge in [-0.2, -0.15) is 13.2 Å². The van der Waals surface area contributed by atoms with Gasteiger partial charge in [0.25, 0.3) is 0 Å². The summed E-state index contributed by atoms with van der Waals surface area (Å²) in [5.74, 6) is 1.74. The van der Waals surface area contributed by atoms with Crippen LogP contribution >= 0.6 is 0 Å². The number of hydrogen-bond acceptors (Lipinski definition) is 4. The van der Waals surface area contributed by atoms with E-state index in [0.717, 1.165) is 57.8 Å². The quantitative estimate of drug-likeness (QED) is 0.153. The summed E-state index contributed by atoms with van der Waals surface area (Å²) in [7, 11) is 0. The second-order valence-corrected chi connectivity index (χ2v) is 14.1. The van der Waals surface area contributed by atoms with Gasteiger partial charge in [-0.3, -0.25) is 9.59 Å². The van der Waals surface area contributed by atoms with Crippen LogP contribution in [0.25, 0.3) is 0 Å². The maximum Gasteiger partial charge on any atom is 0.417 e. The summed E-state index contributed by atoms with van der Waals surface area (Å²) < 4.78 is 54.3. The molecule has 0 N–H and O–H groups in total. The van der Waals surface area contributed by atoms with Crippen LogP contribution in [0, 0.1) is 46.3 Å². The lowest BCUT2D eigenvalue weighted by Crippen LogP contribution is -2.60. The third-order valence-electron chi connectivity index (χ3n) is 12.3. The molecule has 4 aliphatic rings. The molecule has 4 aliphatic carbocycles. The molecule has 0 spiro atoms. The second kappa shape index (κ2) is 11.6. The highest BCUT2D eigenvalue weighted by molar-refractivity contribution is 5.78. The summed E-state index contributed by atoms with van der Waals surface area (Å²) in [4.78, 5) is 24.3. The van der Waals surface area contributed by atoms with Crippen molar-refractivity contribution in [3.63, 3.8) is 0 Å². The van der Waals surface area contributed by atoms with E-state index in [0.29, 0.717) is 36.5 Å². The number of ether oxygens (including phenoxy) is 2. The van der Waals surface area contributed by atoms with Crippen molar-refractivity contribution in [1.82, 2.24) is 0 Å². The normalized spacial score (nSPS) is 40.8. The number of alkyl halides is 3. The first-order valence-corrected chi connectivity index (χ1v) is 15.7. The lowest BCUT2D eigenvalue weighted by atomic mass is 9.43. The average molecular weight is 557 g/mol. The zero-order valence-corrected chi connectivity index (χ0v) is 24.8. The molecule has 0 amide bonds. The first-order valence-electron chi connectivity index (χ1n) is 15.7. The minimum absolute atomic E-state index is 0.0454. The van der Waals surface area contributed by atoms with Gasteiger partial charge in [-0.1, -0.05) is 47.0 Å². The van der Waals surface area contributed by atoms with Crippen LogP contribution in [0.3, 0.4) is 0 Å². The molecule has 0 radical (unpaired) electrons. The number of carbonyl (C=O) groups excluding carboxylic acids is 2. The number of rotatable bonds is 10. The molecule has 0 saturated heterocycles. The number of unbranched alkanes of at least 4 members (excludes halogenated alkanes) is 3. The van der Waals surface area contributed by atoms with Crippen molar-refractivity contribution in [3.05, 3.63) is 0 Å². The molecule has 9 atom stereocenters. The predicted molar refractivity (Wildman–Crippen MR) is 145 cm³/mol. The maximum atomic E-state index is 14.5. The van der Waals surface area contributed by atoms with E-state index in [9.17, 15) is 22.8 Å². The standard InChI is InChI=1S/C32H51F3O4/c1-6-7-8-9-10-28(37)38-20-39-31(32(33,34)35)18-17-29(4)23(19-31)11-12-24-26-14-13-25(21(2)22(3)36)30(26,5)16-15-27(24)29/h21,23-27H,6-20H2,1-5H3/t21-,23-,24+,25-,26+,27+,29+,30-,31-/m1/s1. The molecule has 0 aromatic rings. The molecule has 4 rings (SSSR count). The van der Waals surface area contributed by atoms with Gasteiger partial charge in [-0.25, -0.2) is 0 Å². The van der Waals surface area contributed by atoms with Crippen molar-refractivity contribution >= 4 is 11.8 Å². The van der Waals surface area contributed by atoms with E-state index in [2.05, 4.69) is 27.7 Å². The monoisotopic (exact) mass is 556 g/mol. The van der Waals surface area contributed by atoms with E-state index in [1.54, 1.807) is 6.92 Å². The second-order valence-electron chi connectivity index (χ2n) is 14.1. The molecule has 224 valence electrons. The number of fused-ring (bicyclic) bond motifs is 5. The topological polar surface area (TPSA) is 52.6 Å². The van der Waals surface area contributed by atoms with Crippen LogP contribution in [0.5, 0.6) is 0 Å². The molecule has 39 heavy (non-hydrogen) atoms. The number of esters is 1. The average Bonchev–Trinajstić information content (AvgIpc) is 3.22. The van der Waals surface area contributed by atoms with Gasteiger partial charge < -0.3 is 9.47 Å². The molecular formula is C32H51F3O4. The Balaban J connectivity index is 1.42. The third kappa shape index (κ3) is 5.68. The summed E-state index contributed by atoms with van der Waals surface area (Å²) in [5, 5.41) is 0. The zero-order chi connectivity index (χ0) is 28.6. The predicted octanol–water partition coefficient (Wildman–Crippen LogP) is 8.66. The molecule has 0 bridgehead atoms. The fourth-order valence-electron chi connectivity index (χ4n) is 9.82. The van der Waals surface area contributed by atoms with E-state index in [1.165, 1.54) is 0 Å². The zero-order valence-electron chi connectivity index (χ0n) is 24.8. The molecule has 7 heteroatoms. The van der Waals surface area contributed by atoms with Crippen molar-refractivity contribution in [1.29, 1.82) is 0 Å². The van der Waals surface area contributed by atoms with Crippen LogP contribution < -0.4 is 0 Å². The van der Waals surface area contributed by atoms with E-state index in [4.69, 9.17) is 9.47 Å². The van der Waals surface area contributed by atoms with Crippen LogP contribution in [-0.4, -0.2) is 30.3 Å². The van der Waals surface area contributed by atoms with Crippen molar-refractivity contribution in [2.45, 2.75) is 136 Å². The fourth-order valence-corrected chi connectivity index (χ4v) is 9.82. The van der Waals surface area contributed by atoms with Gasteiger partial charge >= 0.3 is 12.1 Å². The van der Waals surface area contributed by atoms with Gasteiger partial charge in [0, 0.05) is 12.3 Å². The molecule has 4 saturated carbocycles. The van der Waals surface area contributed by atoms with E-state index < -0.39 is 24.5 Å². The van der Waals surface area contributed by atoms with E-state index in [1.807, 2.05) is 0 Å². The first kappa shape index (κ1) is 30.8. The minimum Gasteiger partial charge on any atom is -0.438 e. The van der Waals surface area contributed by atoms with E-state index in [-0.39, 0.29) is 47.7 Å². The lowest BCUT2D eigenvalue weighted by molar-refractivity contribution is -0.321. The minimum atomic E-state index is -4.51. The lowest BCUT2D eigenvalue weighted by Gasteiger charge is -2.62. The molecule has 4 nitrogen and oxygen atoms in total. The molecule has 0 unspecified atom stereocenters. The third-order valence-corrected chi connectivity index (χ3v) is 12.3. The first-order chi connectivity index (χ1) is 18.3. The SMILES string of the molecule is CCCCCCC(=O)OCO[C@]1(C(F)(F)F)CC[C@@]2(C)[C@H](CC[C@@H]3[C@@H]2CC[C@]2(C)[C@@H]([C@H](C)C(C)=O)CC[C@@H]32)C1. The van der Waals surface area contributed by atoms with E-state index >= 15 is 0 Å². The van der Waals surface area contributed by atoms with Gasteiger partial charge in [0.15, 0.2) is 12.4 Å². The van der Waals surface area contributed by atoms with Crippen LogP contribution in [0.15, 0.2) is 0 Å².